The lowest BCUT2D eigenvalue weighted by Crippen LogP contribution is -2.43. The van der Waals surface area contributed by atoms with Gasteiger partial charge in [0.05, 0.1) is 19.8 Å². The Morgan fingerprint density at radius 3 is 2.05 bits per heavy atom. The fraction of sp³-hybridized carbons (Fsp3) is 0.923. The highest BCUT2D eigenvalue weighted by molar-refractivity contribution is 5.78. The molecule has 0 aromatic rings. The van der Waals surface area contributed by atoms with Crippen LogP contribution in [-0.2, 0) is 14.3 Å². The van der Waals surface area contributed by atoms with Gasteiger partial charge < -0.3 is 19.7 Å². The molecule has 0 spiro atoms. The third-order valence-corrected chi connectivity index (χ3v) is 2.63. The molecule has 0 heterocycles. The highest BCUT2D eigenvalue weighted by Gasteiger charge is 2.14. The normalized spacial score (nSPS) is 10.4. The van der Waals surface area contributed by atoms with Crippen LogP contribution in [0.3, 0.4) is 0 Å². The molecule has 0 radical (unpaired) electrons. The van der Waals surface area contributed by atoms with E-state index in [9.17, 15) is 4.79 Å². The minimum atomic E-state index is 0. The number of hydrogen-bond acceptors (Lipinski definition) is 5. The summed E-state index contributed by atoms with van der Waals surface area (Å²) in [6, 6.07) is 0. The second-order valence-corrected chi connectivity index (χ2v) is 4.21. The fourth-order valence-corrected chi connectivity index (χ4v) is 1.48. The van der Waals surface area contributed by atoms with Gasteiger partial charge in [0.15, 0.2) is 0 Å². The Morgan fingerprint density at radius 1 is 1.11 bits per heavy atom. The van der Waals surface area contributed by atoms with E-state index in [2.05, 4.69) is 5.32 Å². The van der Waals surface area contributed by atoms with Crippen LogP contribution in [0.25, 0.3) is 0 Å². The smallest absolute Gasteiger partial charge is 0.236 e. The summed E-state index contributed by atoms with van der Waals surface area (Å²) in [6.45, 7) is 4.47. The number of carbonyl (C=O) groups excluding carboxylic acids is 1. The molecule has 116 valence electrons. The van der Waals surface area contributed by atoms with Crippen molar-refractivity contribution < 1.29 is 14.3 Å². The summed E-state index contributed by atoms with van der Waals surface area (Å²) in [7, 11) is 7.12. The average molecular weight is 277 g/mol. The van der Waals surface area contributed by atoms with Crippen LogP contribution in [0, 0.1) is 0 Å². The molecule has 0 atom stereocenters. The van der Waals surface area contributed by atoms with Crippen LogP contribution < -0.4 is 5.32 Å². The molecule has 0 fully saturated rings. The fourth-order valence-electron chi connectivity index (χ4n) is 1.48. The number of rotatable bonds is 11. The monoisotopic (exact) mass is 277 g/mol. The first-order valence-corrected chi connectivity index (χ1v) is 6.24. The molecule has 0 aromatic heterocycles. The molecule has 0 unspecified atom stereocenters. The van der Waals surface area contributed by atoms with Gasteiger partial charge in [0.1, 0.15) is 0 Å². The van der Waals surface area contributed by atoms with E-state index in [0.717, 1.165) is 13.1 Å². The molecule has 19 heavy (non-hydrogen) atoms. The van der Waals surface area contributed by atoms with Gasteiger partial charge in [0, 0.05) is 40.4 Å². The molecule has 6 heteroatoms. The molecular formula is C13H31N3O3. The number of likely N-dealkylation sites (N-methyl/N-ethyl adjacent to an activating group) is 2. The van der Waals surface area contributed by atoms with E-state index in [4.69, 9.17) is 9.47 Å². The average Bonchev–Trinajstić information content (AvgIpc) is 2.36. The molecule has 0 saturated carbocycles. The number of nitrogens with one attached hydrogen (secondary N) is 1. The van der Waals surface area contributed by atoms with Crippen molar-refractivity contribution in [2.24, 2.45) is 0 Å². The van der Waals surface area contributed by atoms with Crippen molar-refractivity contribution in [1.29, 1.82) is 0 Å². The summed E-state index contributed by atoms with van der Waals surface area (Å²) in [6.07, 6.45) is 0. The second-order valence-electron chi connectivity index (χ2n) is 4.21. The summed E-state index contributed by atoms with van der Waals surface area (Å²) in [4.78, 5) is 15.9. The summed E-state index contributed by atoms with van der Waals surface area (Å²) in [5, 5.41) is 3.06. The van der Waals surface area contributed by atoms with Gasteiger partial charge in [-0.15, -0.1) is 0 Å². The summed E-state index contributed by atoms with van der Waals surface area (Å²) >= 11 is 0. The van der Waals surface area contributed by atoms with Gasteiger partial charge >= 0.3 is 0 Å². The zero-order valence-electron chi connectivity index (χ0n) is 12.1. The number of hydrogen-bond donors (Lipinski definition) is 1. The molecule has 0 aromatic carbocycles. The second kappa shape index (κ2) is 13.7. The van der Waals surface area contributed by atoms with Gasteiger partial charge in [-0.1, -0.05) is 7.43 Å². The van der Waals surface area contributed by atoms with Gasteiger partial charge in [-0.25, -0.2) is 0 Å². The number of carbonyl (C=O) groups is 1. The summed E-state index contributed by atoms with van der Waals surface area (Å²) in [5.41, 5.74) is 0. The Bertz CT molecular complexity index is 207. The largest absolute Gasteiger partial charge is 0.383 e. The van der Waals surface area contributed by atoms with Gasteiger partial charge in [-0.05, 0) is 14.1 Å². The highest BCUT2D eigenvalue weighted by atomic mass is 16.5. The van der Waals surface area contributed by atoms with Crippen molar-refractivity contribution in [2.45, 2.75) is 7.43 Å². The van der Waals surface area contributed by atoms with Gasteiger partial charge in [-0.2, -0.15) is 0 Å². The first kappa shape index (κ1) is 20.6. The number of amides is 1. The Kier molecular flexibility index (Phi) is 14.9. The maximum Gasteiger partial charge on any atom is 0.236 e. The molecule has 0 saturated heterocycles. The minimum Gasteiger partial charge on any atom is -0.383 e. The van der Waals surface area contributed by atoms with E-state index in [1.165, 1.54) is 0 Å². The molecule has 1 amide bonds. The van der Waals surface area contributed by atoms with Gasteiger partial charge in [0.2, 0.25) is 5.91 Å². The highest BCUT2D eigenvalue weighted by Crippen LogP contribution is 1.94. The molecule has 0 bridgehead atoms. The first-order chi connectivity index (χ1) is 8.65. The van der Waals surface area contributed by atoms with Crippen LogP contribution >= 0.6 is 0 Å². The zero-order chi connectivity index (χ0) is 13.8. The van der Waals surface area contributed by atoms with Crippen LogP contribution in [0.2, 0.25) is 0 Å². The molecule has 0 aliphatic carbocycles. The molecular weight excluding hydrogens is 246 g/mol. The Morgan fingerprint density at radius 2 is 1.63 bits per heavy atom. The van der Waals surface area contributed by atoms with E-state index in [0.29, 0.717) is 32.8 Å². The summed E-state index contributed by atoms with van der Waals surface area (Å²) in [5.74, 6) is 0.114. The number of methoxy groups -OCH3 is 2. The standard InChI is InChI=1S/C12H27N3O3.CH4/c1-13-5-6-14(2)11-12(16)15(7-9-17-3)8-10-18-4;/h13H,5-11H2,1-4H3;1H4. The van der Waals surface area contributed by atoms with Crippen LogP contribution in [0.15, 0.2) is 0 Å². The lowest BCUT2D eigenvalue weighted by atomic mass is 10.4. The van der Waals surface area contributed by atoms with Gasteiger partial charge in [-0.3, -0.25) is 9.69 Å². The predicted molar refractivity (Wildman–Crippen MR) is 78.5 cm³/mol. The first-order valence-electron chi connectivity index (χ1n) is 6.24. The van der Waals surface area contributed by atoms with Crippen LogP contribution in [0.4, 0.5) is 0 Å². The number of ether oxygens (including phenoxy) is 2. The van der Waals surface area contributed by atoms with Gasteiger partial charge in [0.25, 0.3) is 0 Å². The molecule has 0 aliphatic heterocycles. The Balaban J connectivity index is 0. The van der Waals surface area contributed by atoms with Crippen molar-refractivity contribution in [3.05, 3.63) is 0 Å². The minimum absolute atomic E-state index is 0. The maximum absolute atomic E-state index is 12.1. The summed E-state index contributed by atoms with van der Waals surface area (Å²) < 4.78 is 10.0. The molecule has 0 aliphatic rings. The molecule has 0 rings (SSSR count). The maximum atomic E-state index is 12.1. The van der Waals surface area contributed by atoms with Crippen molar-refractivity contribution in [1.82, 2.24) is 15.1 Å². The van der Waals surface area contributed by atoms with Crippen LogP contribution in [-0.4, -0.2) is 90.0 Å². The van der Waals surface area contributed by atoms with E-state index in [1.807, 2.05) is 19.0 Å². The van der Waals surface area contributed by atoms with Crippen LogP contribution in [0.1, 0.15) is 7.43 Å². The van der Waals surface area contributed by atoms with E-state index in [-0.39, 0.29) is 13.3 Å². The molecule has 1 N–H and O–H groups in total. The third-order valence-electron chi connectivity index (χ3n) is 2.63. The van der Waals surface area contributed by atoms with E-state index in [1.54, 1.807) is 19.1 Å². The zero-order valence-corrected chi connectivity index (χ0v) is 12.1. The SMILES string of the molecule is C.CNCCN(C)CC(=O)N(CCOC)CCOC. The third kappa shape index (κ3) is 10.9. The van der Waals surface area contributed by atoms with Crippen molar-refractivity contribution >= 4 is 5.91 Å². The van der Waals surface area contributed by atoms with Crippen molar-refractivity contribution in [3.8, 4) is 0 Å². The van der Waals surface area contributed by atoms with Crippen molar-refractivity contribution in [3.63, 3.8) is 0 Å². The van der Waals surface area contributed by atoms with E-state index < -0.39 is 0 Å². The number of nitrogens with zero attached hydrogens (tertiary/aromatic N) is 2. The Labute approximate surface area is 118 Å². The lowest BCUT2D eigenvalue weighted by molar-refractivity contribution is -0.133. The lowest BCUT2D eigenvalue weighted by Gasteiger charge is -2.25. The topological polar surface area (TPSA) is 54.0 Å². The predicted octanol–water partition coefficient (Wildman–Crippen LogP) is -0.105. The quantitative estimate of drug-likeness (QED) is 0.571. The van der Waals surface area contributed by atoms with Crippen molar-refractivity contribution in [2.75, 3.05) is 74.3 Å². The Hall–Kier alpha value is -0.690. The van der Waals surface area contributed by atoms with E-state index >= 15 is 0 Å². The molecule has 6 nitrogen and oxygen atoms in total. The van der Waals surface area contributed by atoms with Crippen LogP contribution in [0.5, 0.6) is 0 Å².